The smallest absolute Gasteiger partial charge is 0.336 e. The number of carbonyl (C=O) groups is 1. The highest BCUT2D eigenvalue weighted by Crippen LogP contribution is 2.34. The van der Waals surface area contributed by atoms with E-state index in [0.717, 1.165) is 28.9 Å². The summed E-state index contributed by atoms with van der Waals surface area (Å²) in [4.78, 5) is 17.9. The van der Waals surface area contributed by atoms with Crippen molar-refractivity contribution in [2.45, 2.75) is 31.7 Å². The van der Waals surface area contributed by atoms with Gasteiger partial charge in [-0.2, -0.15) is 8.42 Å². The van der Waals surface area contributed by atoms with Crippen molar-refractivity contribution in [2.75, 3.05) is 10.7 Å². The molecule has 0 unspecified atom stereocenters. The van der Waals surface area contributed by atoms with Gasteiger partial charge in [0.1, 0.15) is 4.90 Å². The average molecular weight is 482 g/mol. The minimum atomic E-state index is -3.82. The van der Waals surface area contributed by atoms with Gasteiger partial charge in [0.2, 0.25) is 0 Å². The van der Waals surface area contributed by atoms with E-state index in [2.05, 4.69) is 9.38 Å². The molecule has 0 fully saturated rings. The van der Waals surface area contributed by atoms with Crippen LogP contribution in [0.15, 0.2) is 70.1 Å². The third-order valence-corrected chi connectivity index (χ3v) is 7.70. The van der Waals surface area contributed by atoms with Gasteiger partial charge in [0.15, 0.2) is 11.0 Å². The number of aromatic carboxylic acids is 1. The van der Waals surface area contributed by atoms with Crippen molar-refractivity contribution in [1.82, 2.24) is 4.98 Å². The van der Waals surface area contributed by atoms with E-state index < -0.39 is 16.0 Å². The van der Waals surface area contributed by atoms with E-state index in [1.165, 1.54) is 11.8 Å². The summed E-state index contributed by atoms with van der Waals surface area (Å²) in [5.41, 5.74) is 3.35. The molecule has 1 N–H and O–H groups in total. The Labute approximate surface area is 197 Å². The fourth-order valence-electron chi connectivity index (χ4n) is 3.55. The molecule has 33 heavy (non-hydrogen) atoms. The Bertz CT molecular complexity index is 1340. The van der Waals surface area contributed by atoms with E-state index in [1.807, 2.05) is 42.2 Å². The number of sulfonamides is 1. The lowest BCUT2D eigenvalue weighted by Gasteiger charge is -2.29. The molecule has 9 heteroatoms. The molecule has 3 aromatic rings. The molecule has 1 aromatic heterocycles. The van der Waals surface area contributed by atoms with Crippen LogP contribution in [0.3, 0.4) is 0 Å². The average Bonchev–Trinajstić information content (AvgIpc) is 2.80. The normalized spacial score (nSPS) is 14.5. The standard InChI is InChI=1S/C24H23N3O4S2/c1-3-12-32-24-26-33(30,31)21-13-16(2)14-25-22(21)27(24)15-17-8-10-18(11-9-17)19-6-4-5-7-20(19)23(28)29/h4-11,13-14H,3,12,15H2,1-2H3,(H,28,29). The molecule has 0 aliphatic carbocycles. The molecule has 1 aliphatic rings. The number of thioether (sulfide) groups is 1. The maximum absolute atomic E-state index is 12.8. The summed E-state index contributed by atoms with van der Waals surface area (Å²) >= 11 is 1.39. The number of benzene rings is 2. The van der Waals surface area contributed by atoms with Crippen molar-refractivity contribution >= 4 is 38.7 Å². The Hall–Kier alpha value is -3.17. The largest absolute Gasteiger partial charge is 0.478 e. The highest BCUT2D eigenvalue weighted by Gasteiger charge is 2.32. The molecule has 0 amide bonds. The summed E-state index contributed by atoms with van der Waals surface area (Å²) in [6.07, 6.45) is 2.53. The molecule has 0 bridgehead atoms. The molecule has 0 spiro atoms. The van der Waals surface area contributed by atoms with Gasteiger partial charge in [0.05, 0.1) is 12.1 Å². The van der Waals surface area contributed by atoms with E-state index >= 15 is 0 Å². The molecule has 0 radical (unpaired) electrons. The Kier molecular flexibility index (Phi) is 6.53. The first-order valence-corrected chi connectivity index (χ1v) is 12.9. The highest BCUT2D eigenvalue weighted by atomic mass is 32.2. The lowest BCUT2D eigenvalue weighted by molar-refractivity contribution is 0.0697. The van der Waals surface area contributed by atoms with Crippen molar-refractivity contribution in [3.8, 4) is 11.1 Å². The monoisotopic (exact) mass is 481 g/mol. The van der Waals surface area contributed by atoms with Crippen molar-refractivity contribution in [1.29, 1.82) is 0 Å². The first-order valence-electron chi connectivity index (χ1n) is 10.4. The van der Waals surface area contributed by atoms with Gasteiger partial charge in [-0.25, -0.2) is 9.78 Å². The number of aromatic nitrogens is 1. The summed E-state index contributed by atoms with van der Waals surface area (Å²) < 4.78 is 29.6. The first-order chi connectivity index (χ1) is 15.8. The molecule has 0 atom stereocenters. The van der Waals surface area contributed by atoms with Crippen LogP contribution in [0.5, 0.6) is 0 Å². The number of carboxylic acids is 1. The summed E-state index contributed by atoms with van der Waals surface area (Å²) in [5.74, 6) is 0.127. The molecule has 2 heterocycles. The summed E-state index contributed by atoms with van der Waals surface area (Å²) in [7, 11) is -3.82. The third kappa shape index (κ3) is 4.79. The van der Waals surface area contributed by atoms with Gasteiger partial charge in [-0.1, -0.05) is 61.2 Å². The number of anilines is 1. The highest BCUT2D eigenvalue weighted by molar-refractivity contribution is 8.14. The van der Waals surface area contributed by atoms with Crippen LogP contribution >= 0.6 is 11.8 Å². The molecular weight excluding hydrogens is 458 g/mol. The lowest BCUT2D eigenvalue weighted by Crippen LogP contribution is -2.34. The van der Waals surface area contributed by atoms with Crippen LogP contribution in [0.2, 0.25) is 0 Å². The van der Waals surface area contributed by atoms with E-state index in [-0.39, 0.29) is 10.5 Å². The Balaban J connectivity index is 1.69. The Morgan fingerprint density at radius 1 is 1.12 bits per heavy atom. The van der Waals surface area contributed by atoms with Gasteiger partial charge in [-0.3, -0.25) is 4.90 Å². The van der Waals surface area contributed by atoms with Gasteiger partial charge in [0, 0.05) is 11.9 Å². The van der Waals surface area contributed by atoms with Crippen LogP contribution in [0.25, 0.3) is 11.1 Å². The second-order valence-electron chi connectivity index (χ2n) is 7.67. The van der Waals surface area contributed by atoms with Crippen molar-refractivity contribution < 1.29 is 18.3 Å². The molecule has 170 valence electrons. The summed E-state index contributed by atoms with van der Waals surface area (Å²) in [5, 5.41) is 9.88. The van der Waals surface area contributed by atoms with E-state index in [1.54, 1.807) is 37.4 Å². The fraction of sp³-hybridized carbons (Fsp3) is 0.208. The van der Waals surface area contributed by atoms with Crippen molar-refractivity contribution in [3.63, 3.8) is 0 Å². The number of hydrogen-bond acceptors (Lipinski definition) is 6. The Morgan fingerprint density at radius 3 is 2.55 bits per heavy atom. The van der Waals surface area contributed by atoms with Crippen LogP contribution in [-0.4, -0.2) is 35.4 Å². The van der Waals surface area contributed by atoms with Gasteiger partial charge in [0.25, 0.3) is 10.0 Å². The van der Waals surface area contributed by atoms with Crippen LogP contribution in [0, 0.1) is 6.92 Å². The minimum Gasteiger partial charge on any atom is -0.478 e. The number of rotatable bonds is 6. The van der Waals surface area contributed by atoms with Crippen LogP contribution < -0.4 is 4.90 Å². The van der Waals surface area contributed by atoms with Gasteiger partial charge >= 0.3 is 5.97 Å². The predicted molar refractivity (Wildman–Crippen MR) is 131 cm³/mol. The number of hydrogen-bond donors (Lipinski definition) is 1. The quantitative estimate of drug-likeness (QED) is 0.531. The number of carboxylic acid groups (broad SMARTS) is 1. The van der Waals surface area contributed by atoms with Gasteiger partial charge in [-0.05, 0) is 47.7 Å². The van der Waals surface area contributed by atoms with Gasteiger partial charge < -0.3 is 5.11 Å². The topological polar surface area (TPSA) is 99.9 Å². The number of nitrogens with zero attached hydrogens (tertiary/aromatic N) is 3. The number of aryl methyl sites for hydroxylation is 1. The van der Waals surface area contributed by atoms with E-state index in [4.69, 9.17) is 0 Å². The maximum atomic E-state index is 12.8. The number of fused-ring (bicyclic) bond motifs is 1. The molecule has 1 aliphatic heterocycles. The third-order valence-electron chi connectivity index (χ3n) is 5.13. The lowest BCUT2D eigenvalue weighted by atomic mass is 9.98. The number of pyridine rings is 1. The van der Waals surface area contributed by atoms with Crippen LogP contribution in [0.1, 0.15) is 34.8 Å². The van der Waals surface area contributed by atoms with Crippen molar-refractivity contribution in [3.05, 3.63) is 77.5 Å². The van der Waals surface area contributed by atoms with Gasteiger partial charge in [-0.15, -0.1) is 4.40 Å². The zero-order valence-corrected chi connectivity index (χ0v) is 19.9. The fourth-order valence-corrected chi connectivity index (χ4v) is 5.88. The molecule has 4 rings (SSSR count). The van der Waals surface area contributed by atoms with E-state index in [9.17, 15) is 18.3 Å². The zero-order valence-electron chi connectivity index (χ0n) is 18.2. The molecule has 7 nitrogen and oxygen atoms in total. The second kappa shape index (κ2) is 9.36. The number of amidine groups is 1. The summed E-state index contributed by atoms with van der Waals surface area (Å²) in [6.45, 7) is 4.21. The van der Waals surface area contributed by atoms with Crippen molar-refractivity contribution in [2.24, 2.45) is 4.40 Å². The summed E-state index contributed by atoms with van der Waals surface area (Å²) in [6, 6.07) is 16.0. The molecule has 2 aromatic carbocycles. The van der Waals surface area contributed by atoms with E-state index in [0.29, 0.717) is 23.1 Å². The molecule has 0 saturated heterocycles. The maximum Gasteiger partial charge on any atom is 0.336 e. The SMILES string of the molecule is CCCSC1=NS(=O)(=O)c2cc(C)cnc2N1Cc1ccc(-c2ccccc2C(=O)O)cc1. The molecular formula is C24H23N3O4S2. The predicted octanol–water partition coefficient (Wildman–Crippen LogP) is 4.96. The Morgan fingerprint density at radius 2 is 1.85 bits per heavy atom. The zero-order chi connectivity index (χ0) is 23.6. The second-order valence-corrected chi connectivity index (χ2v) is 10.3. The van der Waals surface area contributed by atoms with Crippen LogP contribution in [0.4, 0.5) is 5.82 Å². The van der Waals surface area contributed by atoms with Crippen LogP contribution in [-0.2, 0) is 16.6 Å². The minimum absolute atomic E-state index is 0.107. The molecule has 0 saturated carbocycles. The first kappa shape index (κ1) is 23.0.